The number of piperazine rings is 1. The van der Waals surface area contributed by atoms with Crippen molar-refractivity contribution < 1.29 is 14.0 Å². The molecule has 34 heavy (non-hydrogen) atoms. The number of carbonyl (C=O) groups is 2. The van der Waals surface area contributed by atoms with E-state index in [4.69, 9.17) is 0 Å². The maximum atomic E-state index is 13.4. The van der Waals surface area contributed by atoms with Gasteiger partial charge in [-0.05, 0) is 61.7 Å². The fourth-order valence-electron chi connectivity index (χ4n) is 4.34. The van der Waals surface area contributed by atoms with E-state index in [-0.39, 0.29) is 17.5 Å². The maximum absolute atomic E-state index is 13.4. The number of anilines is 2. The van der Waals surface area contributed by atoms with Gasteiger partial charge in [0.25, 0.3) is 5.91 Å². The molecule has 0 spiro atoms. The van der Waals surface area contributed by atoms with Crippen LogP contribution in [-0.4, -0.2) is 52.7 Å². The third-order valence-electron chi connectivity index (χ3n) is 6.42. The number of benzene rings is 2. The number of rotatable bonds is 6. The smallest absolute Gasteiger partial charge is 0.276 e. The number of nitrogens with one attached hydrogen (secondary N) is 1. The van der Waals surface area contributed by atoms with Crippen molar-refractivity contribution in [3.05, 3.63) is 77.4 Å². The van der Waals surface area contributed by atoms with Gasteiger partial charge in [-0.15, -0.1) is 0 Å². The van der Waals surface area contributed by atoms with Gasteiger partial charge in [0.2, 0.25) is 5.91 Å². The Morgan fingerprint density at radius 1 is 1.03 bits per heavy atom. The summed E-state index contributed by atoms with van der Waals surface area (Å²) < 4.78 is 15.2. The molecule has 1 saturated carbocycles. The lowest BCUT2D eigenvalue weighted by atomic mass is 10.1. The normalized spacial score (nSPS) is 15.9. The Labute approximate surface area is 198 Å². The van der Waals surface area contributed by atoms with Gasteiger partial charge < -0.3 is 15.1 Å². The standard InChI is InChI=1S/C26H28FN5O2/c1-18-14-24(25(33)28-22-6-3-5-21(27)16-22)29-32(18)17-19-4-2-7-23(15-19)30-10-12-31(13-11-30)26(34)20-8-9-20/h2-7,14-16,20H,8-13,17H2,1H3,(H,28,33). The van der Waals surface area contributed by atoms with Crippen LogP contribution in [0.15, 0.2) is 54.6 Å². The molecule has 1 aliphatic heterocycles. The fourth-order valence-corrected chi connectivity index (χ4v) is 4.34. The van der Waals surface area contributed by atoms with Crippen molar-refractivity contribution in [1.29, 1.82) is 0 Å². The van der Waals surface area contributed by atoms with Crippen LogP contribution in [0.4, 0.5) is 15.8 Å². The van der Waals surface area contributed by atoms with E-state index in [1.165, 1.54) is 12.1 Å². The molecule has 5 rings (SSSR count). The zero-order chi connectivity index (χ0) is 23.7. The van der Waals surface area contributed by atoms with Crippen molar-refractivity contribution in [2.75, 3.05) is 36.4 Å². The Morgan fingerprint density at radius 3 is 2.53 bits per heavy atom. The van der Waals surface area contributed by atoms with Crippen LogP contribution in [0.1, 0.15) is 34.6 Å². The lowest BCUT2D eigenvalue weighted by molar-refractivity contribution is -0.132. The second-order valence-corrected chi connectivity index (χ2v) is 9.05. The van der Waals surface area contributed by atoms with Gasteiger partial charge in [0.1, 0.15) is 5.82 Å². The Kier molecular flexibility index (Phi) is 6.04. The molecule has 8 heteroatoms. The van der Waals surface area contributed by atoms with Gasteiger partial charge in [-0.25, -0.2) is 4.39 Å². The van der Waals surface area contributed by atoms with Gasteiger partial charge in [0.05, 0.1) is 6.54 Å². The van der Waals surface area contributed by atoms with E-state index in [2.05, 4.69) is 27.4 Å². The van der Waals surface area contributed by atoms with E-state index in [9.17, 15) is 14.0 Å². The minimum atomic E-state index is -0.407. The van der Waals surface area contributed by atoms with Gasteiger partial charge >= 0.3 is 0 Å². The molecule has 1 aromatic heterocycles. The van der Waals surface area contributed by atoms with E-state index >= 15 is 0 Å². The quantitative estimate of drug-likeness (QED) is 0.608. The number of nitrogens with zero attached hydrogens (tertiary/aromatic N) is 4. The summed E-state index contributed by atoms with van der Waals surface area (Å²) in [6.07, 6.45) is 2.09. The molecule has 176 valence electrons. The Hall–Kier alpha value is -3.68. The van der Waals surface area contributed by atoms with E-state index in [0.717, 1.165) is 56.0 Å². The lowest BCUT2D eigenvalue weighted by Crippen LogP contribution is -2.49. The summed E-state index contributed by atoms with van der Waals surface area (Å²) in [5.41, 5.74) is 3.75. The second-order valence-electron chi connectivity index (χ2n) is 9.05. The Bertz CT molecular complexity index is 1210. The molecule has 1 aliphatic carbocycles. The topological polar surface area (TPSA) is 70.5 Å². The summed E-state index contributed by atoms with van der Waals surface area (Å²) in [4.78, 5) is 29.2. The molecule has 0 atom stereocenters. The number of aromatic nitrogens is 2. The Morgan fingerprint density at radius 2 is 1.79 bits per heavy atom. The molecule has 7 nitrogen and oxygen atoms in total. The molecule has 1 N–H and O–H groups in total. The van der Waals surface area contributed by atoms with Gasteiger partial charge in [-0.1, -0.05) is 18.2 Å². The highest BCUT2D eigenvalue weighted by Crippen LogP contribution is 2.31. The molecule has 2 amide bonds. The first-order chi connectivity index (χ1) is 16.5. The molecule has 1 saturated heterocycles. The van der Waals surface area contributed by atoms with Crippen LogP contribution in [0.5, 0.6) is 0 Å². The van der Waals surface area contributed by atoms with Gasteiger partial charge in [0.15, 0.2) is 5.69 Å². The first-order valence-corrected chi connectivity index (χ1v) is 11.7. The Balaban J connectivity index is 1.23. The monoisotopic (exact) mass is 461 g/mol. The molecular weight excluding hydrogens is 433 g/mol. The van der Waals surface area contributed by atoms with Crippen LogP contribution >= 0.6 is 0 Å². The summed E-state index contributed by atoms with van der Waals surface area (Å²) in [7, 11) is 0. The number of halogens is 1. The van der Waals surface area contributed by atoms with Gasteiger partial charge in [-0.2, -0.15) is 5.10 Å². The zero-order valence-corrected chi connectivity index (χ0v) is 19.2. The third-order valence-corrected chi connectivity index (χ3v) is 6.42. The molecule has 2 fully saturated rings. The van der Waals surface area contributed by atoms with Gasteiger partial charge in [-0.3, -0.25) is 14.3 Å². The van der Waals surface area contributed by atoms with Crippen molar-refractivity contribution in [2.24, 2.45) is 5.92 Å². The minimum absolute atomic E-state index is 0.271. The van der Waals surface area contributed by atoms with Crippen molar-refractivity contribution in [2.45, 2.75) is 26.3 Å². The third kappa shape index (κ3) is 4.95. The number of aryl methyl sites for hydroxylation is 1. The number of hydrogen-bond donors (Lipinski definition) is 1. The predicted octanol–water partition coefficient (Wildman–Crippen LogP) is 3.69. The van der Waals surface area contributed by atoms with Crippen molar-refractivity contribution in [1.82, 2.24) is 14.7 Å². The highest BCUT2D eigenvalue weighted by Gasteiger charge is 2.34. The van der Waals surface area contributed by atoms with Crippen LogP contribution in [0.3, 0.4) is 0 Å². The zero-order valence-electron chi connectivity index (χ0n) is 19.2. The SMILES string of the molecule is Cc1cc(C(=O)Nc2cccc(F)c2)nn1Cc1cccc(N2CCN(C(=O)C3CC3)CC2)c1. The van der Waals surface area contributed by atoms with E-state index < -0.39 is 5.82 Å². The predicted molar refractivity (Wildman–Crippen MR) is 128 cm³/mol. The van der Waals surface area contributed by atoms with Crippen molar-refractivity contribution >= 4 is 23.2 Å². The number of amides is 2. The average molecular weight is 462 g/mol. The first kappa shape index (κ1) is 22.1. The summed E-state index contributed by atoms with van der Waals surface area (Å²) in [6.45, 7) is 5.63. The van der Waals surface area contributed by atoms with E-state index in [1.807, 2.05) is 24.0 Å². The lowest BCUT2D eigenvalue weighted by Gasteiger charge is -2.36. The van der Waals surface area contributed by atoms with Crippen LogP contribution in [-0.2, 0) is 11.3 Å². The van der Waals surface area contributed by atoms with E-state index in [1.54, 1.807) is 22.9 Å². The van der Waals surface area contributed by atoms with Crippen molar-refractivity contribution in [3.8, 4) is 0 Å². The summed E-state index contributed by atoms with van der Waals surface area (Å²) in [5.74, 6) is -0.192. The summed E-state index contributed by atoms with van der Waals surface area (Å²) >= 11 is 0. The molecule has 2 heterocycles. The average Bonchev–Trinajstić information content (AvgIpc) is 3.62. The summed E-state index contributed by atoms with van der Waals surface area (Å²) in [6, 6.07) is 15.8. The highest BCUT2D eigenvalue weighted by atomic mass is 19.1. The van der Waals surface area contributed by atoms with Crippen molar-refractivity contribution in [3.63, 3.8) is 0 Å². The fraction of sp³-hybridized carbons (Fsp3) is 0.346. The molecule has 0 unspecified atom stereocenters. The second kappa shape index (κ2) is 9.29. The summed E-state index contributed by atoms with van der Waals surface area (Å²) in [5, 5.41) is 7.16. The maximum Gasteiger partial charge on any atom is 0.276 e. The van der Waals surface area contributed by atoms with Crippen LogP contribution in [0.2, 0.25) is 0 Å². The molecule has 0 bridgehead atoms. The van der Waals surface area contributed by atoms with Crippen LogP contribution in [0.25, 0.3) is 0 Å². The van der Waals surface area contributed by atoms with E-state index in [0.29, 0.717) is 18.1 Å². The van der Waals surface area contributed by atoms with Crippen LogP contribution in [0, 0.1) is 18.7 Å². The molecular formula is C26H28FN5O2. The minimum Gasteiger partial charge on any atom is -0.368 e. The molecule has 2 aliphatic rings. The molecule has 0 radical (unpaired) electrons. The van der Waals surface area contributed by atoms with Gasteiger partial charge in [0, 0.05) is 49.2 Å². The number of hydrogen-bond acceptors (Lipinski definition) is 4. The highest BCUT2D eigenvalue weighted by molar-refractivity contribution is 6.02. The first-order valence-electron chi connectivity index (χ1n) is 11.7. The number of carbonyl (C=O) groups excluding carboxylic acids is 2. The molecule has 2 aromatic carbocycles. The molecule has 3 aromatic rings. The van der Waals surface area contributed by atoms with Crippen LogP contribution < -0.4 is 10.2 Å². The largest absolute Gasteiger partial charge is 0.368 e.